The van der Waals surface area contributed by atoms with E-state index in [2.05, 4.69) is 13.5 Å². The molecule has 0 heterocycles. The maximum atomic E-state index is 10.8. The first-order valence-electron chi connectivity index (χ1n) is 7.68. The van der Waals surface area contributed by atoms with E-state index in [4.69, 9.17) is 9.47 Å². The predicted molar refractivity (Wildman–Crippen MR) is 79.2 cm³/mol. The molecule has 3 nitrogen and oxygen atoms in total. The van der Waals surface area contributed by atoms with Crippen molar-refractivity contribution >= 4 is 5.97 Å². The molecule has 0 N–H and O–H groups in total. The van der Waals surface area contributed by atoms with E-state index >= 15 is 0 Å². The zero-order chi connectivity index (χ0) is 14.2. The first-order valence-corrected chi connectivity index (χ1v) is 7.68. The summed E-state index contributed by atoms with van der Waals surface area (Å²) < 4.78 is 10.3. The Balaban J connectivity index is 2.99. The molecule has 0 radical (unpaired) electrons. The van der Waals surface area contributed by atoms with E-state index in [0.29, 0.717) is 6.61 Å². The second kappa shape index (κ2) is 15.2. The largest absolute Gasteiger partial charge is 0.463 e. The van der Waals surface area contributed by atoms with E-state index in [9.17, 15) is 4.79 Å². The fourth-order valence-corrected chi connectivity index (χ4v) is 1.84. The Morgan fingerprint density at radius 3 is 1.95 bits per heavy atom. The van der Waals surface area contributed by atoms with Gasteiger partial charge in [-0.3, -0.25) is 0 Å². The zero-order valence-electron chi connectivity index (χ0n) is 12.5. The van der Waals surface area contributed by atoms with Gasteiger partial charge >= 0.3 is 5.97 Å². The van der Waals surface area contributed by atoms with Gasteiger partial charge in [0.05, 0.1) is 6.61 Å². The maximum absolute atomic E-state index is 10.8. The average Bonchev–Trinajstić information content (AvgIpc) is 2.43. The third-order valence-electron chi connectivity index (χ3n) is 2.94. The Labute approximate surface area is 118 Å². The first kappa shape index (κ1) is 18.2. The van der Waals surface area contributed by atoms with Crippen LogP contribution in [-0.2, 0) is 14.3 Å². The summed E-state index contributed by atoms with van der Waals surface area (Å²) in [5.74, 6) is -0.315. The van der Waals surface area contributed by atoms with Crippen LogP contribution in [0.1, 0.15) is 64.7 Å². The summed E-state index contributed by atoms with van der Waals surface area (Å²) in [5.41, 5.74) is 0. The van der Waals surface area contributed by atoms with Crippen molar-refractivity contribution in [2.45, 2.75) is 64.7 Å². The number of esters is 1. The minimum absolute atomic E-state index is 0.315. The molecule has 0 rings (SSSR count). The Kier molecular flexibility index (Phi) is 14.6. The highest BCUT2D eigenvalue weighted by Gasteiger charge is 1.96. The van der Waals surface area contributed by atoms with Crippen LogP contribution in [0.4, 0.5) is 0 Å². The second-order valence-corrected chi connectivity index (χ2v) is 4.81. The molecule has 112 valence electrons. The summed E-state index contributed by atoms with van der Waals surface area (Å²) in [5, 5.41) is 0. The number of hydrogen-bond acceptors (Lipinski definition) is 3. The van der Waals surface area contributed by atoms with Crippen LogP contribution in [0.5, 0.6) is 0 Å². The number of carbonyl (C=O) groups is 1. The number of carbonyl (C=O) groups excluding carboxylic acids is 1. The summed E-state index contributed by atoms with van der Waals surface area (Å²) in [6.07, 6.45) is 12.0. The zero-order valence-corrected chi connectivity index (χ0v) is 12.5. The van der Waals surface area contributed by atoms with Gasteiger partial charge in [-0.1, -0.05) is 52.0 Å². The highest BCUT2D eigenvalue weighted by atomic mass is 16.5. The van der Waals surface area contributed by atoms with Gasteiger partial charge in [0.2, 0.25) is 0 Å². The van der Waals surface area contributed by atoms with Crippen molar-refractivity contribution in [3.63, 3.8) is 0 Å². The molecular weight excluding hydrogens is 240 g/mol. The first-order chi connectivity index (χ1) is 9.31. The normalized spacial score (nSPS) is 10.4. The molecule has 3 heteroatoms. The van der Waals surface area contributed by atoms with E-state index in [1.807, 2.05) is 0 Å². The average molecular weight is 270 g/mol. The van der Waals surface area contributed by atoms with E-state index < -0.39 is 0 Å². The molecule has 0 atom stereocenters. The van der Waals surface area contributed by atoms with E-state index in [-0.39, 0.29) is 5.97 Å². The minimum Gasteiger partial charge on any atom is -0.463 e. The molecule has 0 unspecified atom stereocenters. The molecule has 0 aliphatic heterocycles. The van der Waals surface area contributed by atoms with Gasteiger partial charge in [-0.15, -0.1) is 0 Å². The van der Waals surface area contributed by atoms with E-state index in [1.54, 1.807) is 0 Å². The van der Waals surface area contributed by atoms with Gasteiger partial charge in [-0.2, -0.15) is 0 Å². The Morgan fingerprint density at radius 2 is 1.42 bits per heavy atom. The van der Waals surface area contributed by atoms with Gasteiger partial charge in [0.1, 0.15) is 0 Å². The fraction of sp³-hybridized carbons (Fsp3) is 0.812. The van der Waals surface area contributed by atoms with Crippen LogP contribution >= 0.6 is 0 Å². The molecule has 0 aromatic heterocycles. The molecule has 0 aromatic rings. The third-order valence-corrected chi connectivity index (χ3v) is 2.94. The highest BCUT2D eigenvalue weighted by Crippen LogP contribution is 2.08. The van der Waals surface area contributed by atoms with E-state index in [1.165, 1.54) is 44.6 Å². The number of rotatable bonds is 14. The van der Waals surface area contributed by atoms with Crippen molar-refractivity contribution in [2.24, 2.45) is 0 Å². The molecule has 0 spiro atoms. The molecular formula is C16H30O3. The lowest BCUT2D eigenvalue weighted by molar-refractivity contribution is -0.137. The van der Waals surface area contributed by atoms with E-state index in [0.717, 1.165) is 32.5 Å². The van der Waals surface area contributed by atoms with Crippen LogP contribution in [0.25, 0.3) is 0 Å². The van der Waals surface area contributed by atoms with Crippen LogP contribution in [-0.4, -0.2) is 25.8 Å². The number of unbranched alkanes of at least 4 members (excludes halogenated alkanes) is 7. The molecule has 0 fully saturated rings. The number of hydrogen-bond donors (Lipinski definition) is 0. The SMILES string of the molecule is C=CC(=O)OCCCCCCCCCCOCCC. The van der Waals surface area contributed by atoms with Crippen LogP contribution in [0.2, 0.25) is 0 Å². The van der Waals surface area contributed by atoms with Gasteiger partial charge in [0, 0.05) is 19.3 Å². The minimum atomic E-state index is -0.315. The molecule has 0 aliphatic carbocycles. The lowest BCUT2D eigenvalue weighted by Crippen LogP contribution is -2.01. The summed E-state index contributed by atoms with van der Waals surface area (Å²) in [6.45, 7) is 7.84. The summed E-state index contributed by atoms with van der Waals surface area (Å²) in [7, 11) is 0. The van der Waals surface area contributed by atoms with Gasteiger partial charge in [0.15, 0.2) is 0 Å². The lowest BCUT2D eigenvalue weighted by atomic mass is 10.1. The van der Waals surface area contributed by atoms with Gasteiger partial charge in [0.25, 0.3) is 0 Å². The van der Waals surface area contributed by atoms with Crippen molar-refractivity contribution in [3.05, 3.63) is 12.7 Å². The predicted octanol–water partition coefficient (Wildman–Crippen LogP) is 4.26. The van der Waals surface area contributed by atoms with Crippen LogP contribution in [0.3, 0.4) is 0 Å². The molecule has 0 amide bonds. The molecule has 0 bridgehead atoms. The third kappa shape index (κ3) is 15.1. The number of ether oxygens (including phenoxy) is 2. The van der Waals surface area contributed by atoms with Crippen molar-refractivity contribution in [1.82, 2.24) is 0 Å². The maximum Gasteiger partial charge on any atom is 0.330 e. The summed E-state index contributed by atoms with van der Waals surface area (Å²) >= 11 is 0. The van der Waals surface area contributed by atoms with Gasteiger partial charge in [-0.05, 0) is 19.3 Å². The summed E-state index contributed by atoms with van der Waals surface area (Å²) in [4.78, 5) is 10.8. The molecule has 19 heavy (non-hydrogen) atoms. The lowest BCUT2D eigenvalue weighted by Gasteiger charge is -2.04. The molecule has 0 saturated carbocycles. The monoisotopic (exact) mass is 270 g/mol. The molecule has 0 saturated heterocycles. The van der Waals surface area contributed by atoms with Crippen LogP contribution in [0, 0.1) is 0 Å². The van der Waals surface area contributed by atoms with Crippen molar-refractivity contribution in [2.75, 3.05) is 19.8 Å². The van der Waals surface area contributed by atoms with Crippen LogP contribution < -0.4 is 0 Å². The Bertz CT molecular complexity index is 214. The van der Waals surface area contributed by atoms with Gasteiger partial charge in [-0.25, -0.2) is 4.79 Å². The van der Waals surface area contributed by atoms with Crippen LogP contribution in [0.15, 0.2) is 12.7 Å². The quantitative estimate of drug-likeness (QED) is 0.269. The topological polar surface area (TPSA) is 35.5 Å². The van der Waals surface area contributed by atoms with Gasteiger partial charge < -0.3 is 9.47 Å². The highest BCUT2D eigenvalue weighted by molar-refractivity contribution is 5.81. The van der Waals surface area contributed by atoms with Crippen molar-refractivity contribution in [1.29, 1.82) is 0 Å². The standard InChI is InChI=1S/C16H30O3/c1-3-13-18-14-11-9-7-5-6-8-10-12-15-19-16(17)4-2/h4H,2-3,5-15H2,1H3. The fourth-order valence-electron chi connectivity index (χ4n) is 1.84. The molecule has 0 aromatic carbocycles. The molecule has 0 aliphatic rings. The van der Waals surface area contributed by atoms with Crippen molar-refractivity contribution < 1.29 is 14.3 Å². The second-order valence-electron chi connectivity index (χ2n) is 4.81. The van der Waals surface area contributed by atoms with Crippen molar-refractivity contribution in [3.8, 4) is 0 Å². The smallest absolute Gasteiger partial charge is 0.330 e. The Hall–Kier alpha value is -0.830. The Morgan fingerprint density at radius 1 is 0.895 bits per heavy atom. The summed E-state index contributed by atoms with van der Waals surface area (Å²) in [6, 6.07) is 0.